The molecule has 0 unspecified atom stereocenters. The van der Waals surface area contributed by atoms with E-state index in [4.69, 9.17) is 16.9 Å². The second-order valence-corrected chi connectivity index (χ2v) is 11.2. The highest BCUT2D eigenvalue weighted by Crippen LogP contribution is 2.34. The first-order chi connectivity index (χ1) is 20.3. The Morgan fingerprint density at radius 1 is 1.31 bits per heavy atom. The molecule has 4 N–H and O–H groups in total. The molecule has 2 saturated heterocycles. The van der Waals surface area contributed by atoms with Crippen LogP contribution in [0.5, 0.6) is 5.75 Å². The minimum Gasteiger partial charge on any atom is -0.482 e. The number of piperazine rings is 1. The van der Waals surface area contributed by atoms with Gasteiger partial charge in [-0.25, -0.2) is 14.8 Å². The lowest BCUT2D eigenvalue weighted by molar-refractivity contribution is -0.157. The molecule has 6 rings (SSSR count). The van der Waals surface area contributed by atoms with Crippen LogP contribution in [0.4, 0.5) is 15.6 Å². The van der Waals surface area contributed by atoms with Crippen molar-refractivity contribution in [2.24, 2.45) is 0 Å². The van der Waals surface area contributed by atoms with Crippen LogP contribution < -0.4 is 21.1 Å². The highest BCUT2D eigenvalue weighted by atomic mass is 32.1. The highest BCUT2D eigenvalue weighted by molar-refractivity contribution is 7.22. The Hall–Kier alpha value is -4.87. The molecule has 0 saturated carbocycles. The van der Waals surface area contributed by atoms with Crippen molar-refractivity contribution in [2.75, 3.05) is 44.3 Å². The number of nitrogen functional groups attached to an aromatic ring is 1. The molecule has 2 aromatic carbocycles. The van der Waals surface area contributed by atoms with Gasteiger partial charge in [0.25, 0.3) is 5.91 Å². The minimum absolute atomic E-state index is 0.0577. The molecule has 42 heavy (non-hydrogen) atoms. The lowest BCUT2D eigenvalue weighted by Gasteiger charge is -2.46. The summed E-state index contributed by atoms with van der Waals surface area (Å²) >= 11 is 1.37. The molecule has 13 nitrogen and oxygen atoms in total. The van der Waals surface area contributed by atoms with Gasteiger partial charge in [-0.3, -0.25) is 14.4 Å². The number of nitrogens with zero attached hydrogens (tertiary/aromatic N) is 5. The number of hydrogen-bond donors (Lipinski definition) is 3. The van der Waals surface area contributed by atoms with Crippen molar-refractivity contribution in [3.63, 3.8) is 0 Å². The van der Waals surface area contributed by atoms with Crippen LogP contribution in [0.2, 0.25) is 0 Å². The normalized spacial score (nSPS) is 20.0. The number of hydrazine groups is 1. The van der Waals surface area contributed by atoms with E-state index in [1.807, 2.05) is 24.3 Å². The SMILES string of the molecule is C#CCN(C(=O)NC)N1CC(=O)N2[C@@H](Cc3ccc4c(c3)NC(=O)CO4)C(=O)N(Cc3cccc4sc(N)nc34)C[C@@H]21. The summed E-state index contributed by atoms with van der Waals surface area (Å²) in [6.45, 7) is 0.120. The average molecular weight is 589 g/mol. The maximum Gasteiger partial charge on any atom is 0.332 e. The fourth-order valence-electron chi connectivity index (χ4n) is 5.72. The van der Waals surface area contributed by atoms with Gasteiger partial charge in [0.2, 0.25) is 11.8 Å². The number of fused-ring (bicyclic) bond motifs is 3. The zero-order chi connectivity index (χ0) is 29.5. The van der Waals surface area contributed by atoms with Crippen molar-refractivity contribution in [3.05, 3.63) is 47.5 Å². The fraction of sp³-hybridized carbons (Fsp3) is 0.321. The molecule has 2 atom stereocenters. The van der Waals surface area contributed by atoms with E-state index in [1.54, 1.807) is 26.9 Å². The number of amides is 5. The molecule has 0 radical (unpaired) electrons. The standard InChI is InChI=1S/C28H28N8O5S/c1-3-9-34(28(40)30-2)35-14-24(38)36-19(11-16-7-8-20-18(10-16)31-22(37)15-41-20)26(39)33(13-23(35)36)12-17-5-4-6-21-25(17)32-27(29)42-21/h1,4-8,10,19,23H,9,11-15H2,2H3,(H2,29,32)(H,30,40)(H,31,37)/t19-,23+/m0/s1. The largest absolute Gasteiger partial charge is 0.482 e. The second kappa shape index (κ2) is 10.8. The number of rotatable bonds is 6. The average Bonchev–Trinajstić information content (AvgIpc) is 3.52. The summed E-state index contributed by atoms with van der Waals surface area (Å²) in [5.41, 5.74) is 8.74. The van der Waals surface area contributed by atoms with Crippen LogP contribution >= 0.6 is 11.3 Å². The smallest absolute Gasteiger partial charge is 0.332 e. The number of thiazole rings is 1. The third kappa shape index (κ3) is 4.82. The van der Waals surface area contributed by atoms with Crippen LogP contribution in [0.15, 0.2) is 36.4 Å². The van der Waals surface area contributed by atoms with Gasteiger partial charge in [-0.05, 0) is 29.3 Å². The third-order valence-electron chi connectivity index (χ3n) is 7.55. The Bertz CT molecular complexity index is 1650. The molecule has 5 amide bonds. The first-order valence-corrected chi connectivity index (χ1v) is 14.1. The zero-order valence-electron chi connectivity index (χ0n) is 22.7. The summed E-state index contributed by atoms with van der Waals surface area (Å²) < 4.78 is 6.38. The summed E-state index contributed by atoms with van der Waals surface area (Å²) in [7, 11) is 1.49. The maximum absolute atomic E-state index is 14.1. The molecule has 1 aromatic heterocycles. The lowest BCUT2D eigenvalue weighted by Crippen LogP contribution is -2.66. The topological polar surface area (TPSA) is 153 Å². The van der Waals surface area contributed by atoms with Crippen molar-refractivity contribution in [3.8, 4) is 18.1 Å². The number of nitrogens with one attached hydrogen (secondary N) is 2. The maximum atomic E-state index is 14.1. The first-order valence-electron chi connectivity index (χ1n) is 13.3. The van der Waals surface area contributed by atoms with Crippen LogP contribution in [0, 0.1) is 12.3 Å². The van der Waals surface area contributed by atoms with E-state index in [9.17, 15) is 19.2 Å². The van der Waals surface area contributed by atoms with Gasteiger partial charge in [0.05, 0.1) is 35.5 Å². The van der Waals surface area contributed by atoms with Crippen molar-refractivity contribution < 1.29 is 23.9 Å². The van der Waals surface area contributed by atoms with Crippen molar-refractivity contribution >= 4 is 56.1 Å². The zero-order valence-corrected chi connectivity index (χ0v) is 23.5. The van der Waals surface area contributed by atoms with Gasteiger partial charge in [-0.1, -0.05) is 35.5 Å². The van der Waals surface area contributed by atoms with E-state index in [0.717, 1.165) is 21.3 Å². The highest BCUT2D eigenvalue weighted by Gasteiger charge is 2.52. The number of ether oxygens (including phenoxy) is 1. The number of terminal acetylenes is 1. The van der Waals surface area contributed by atoms with Gasteiger partial charge < -0.3 is 30.9 Å². The molecular formula is C28H28N8O5S. The molecule has 0 aliphatic carbocycles. The third-order valence-corrected chi connectivity index (χ3v) is 8.40. The number of carbonyl (C=O) groups excluding carboxylic acids is 4. The van der Waals surface area contributed by atoms with Crippen LogP contribution in [-0.2, 0) is 27.3 Å². The monoisotopic (exact) mass is 588 g/mol. The molecule has 0 spiro atoms. The number of nitrogens with two attached hydrogens (primary N) is 1. The molecule has 14 heteroatoms. The molecule has 4 heterocycles. The minimum atomic E-state index is -0.878. The summed E-state index contributed by atoms with van der Waals surface area (Å²) in [5, 5.41) is 8.73. The number of anilines is 2. The van der Waals surface area contributed by atoms with Gasteiger partial charge in [0.15, 0.2) is 11.7 Å². The molecule has 2 fully saturated rings. The Balaban J connectivity index is 1.37. The van der Waals surface area contributed by atoms with E-state index in [0.29, 0.717) is 16.6 Å². The molecule has 216 valence electrons. The van der Waals surface area contributed by atoms with Gasteiger partial charge in [0, 0.05) is 20.0 Å². The number of para-hydroxylation sites is 1. The van der Waals surface area contributed by atoms with E-state index < -0.39 is 18.2 Å². The molecule has 3 aliphatic rings. The van der Waals surface area contributed by atoms with E-state index in [1.165, 1.54) is 23.4 Å². The lowest BCUT2D eigenvalue weighted by atomic mass is 9.99. The molecule has 0 bridgehead atoms. The predicted molar refractivity (Wildman–Crippen MR) is 155 cm³/mol. The Kier molecular flexibility index (Phi) is 7.05. The molecule has 3 aromatic rings. The van der Waals surface area contributed by atoms with Crippen molar-refractivity contribution in [1.82, 2.24) is 30.1 Å². The second-order valence-electron chi connectivity index (χ2n) is 10.1. The van der Waals surface area contributed by atoms with E-state index in [-0.39, 0.29) is 56.9 Å². The molecular weight excluding hydrogens is 560 g/mol. The predicted octanol–water partition coefficient (Wildman–Crippen LogP) is 0.823. The first kappa shape index (κ1) is 27.3. The van der Waals surface area contributed by atoms with Crippen LogP contribution in [0.1, 0.15) is 11.1 Å². The van der Waals surface area contributed by atoms with Crippen LogP contribution in [-0.4, -0.2) is 94.1 Å². The van der Waals surface area contributed by atoms with E-state index in [2.05, 4.69) is 21.5 Å². The molecule has 3 aliphatic heterocycles. The number of hydrogen-bond acceptors (Lipinski definition) is 9. The quantitative estimate of drug-likeness (QED) is 0.358. The Labute approximate surface area is 245 Å². The Morgan fingerprint density at radius 2 is 2.14 bits per heavy atom. The van der Waals surface area contributed by atoms with Crippen LogP contribution in [0.3, 0.4) is 0 Å². The van der Waals surface area contributed by atoms with Gasteiger partial charge in [0.1, 0.15) is 18.0 Å². The number of urea groups is 1. The van der Waals surface area contributed by atoms with Crippen LogP contribution in [0.25, 0.3) is 10.2 Å². The number of carbonyl (C=O) groups is 4. The summed E-state index contributed by atoms with van der Waals surface area (Å²) in [6.07, 6.45) is 5.11. The number of aromatic nitrogens is 1. The van der Waals surface area contributed by atoms with Crippen molar-refractivity contribution in [1.29, 1.82) is 0 Å². The van der Waals surface area contributed by atoms with Crippen molar-refractivity contribution in [2.45, 2.75) is 25.2 Å². The van der Waals surface area contributed by atoms with E-state index >= 15 is 0 Å². The van der Waals surface area contributed by atoms with Gasteiger partial charge in [-0.15, -0.1) is 6.42 Å². The van der Waals surface area contributed by atoms with Gasteiger partial charge >= 0.3 is 6.03 Å². The summed E-state index contributed by atoms with van der Waals surface area (Å²) in [5.74, 6) is 2.20. The Morgan fingerprint density at radius 3 is 2.93 bits per heavy atom. The number of benzene rings is 2. The fourth-order valence-corrected chi connectivity index (χ4v) is 6.50. The summed E-state index contributed by atoms with van der Waals surface area (Å²) in [4.78, 5) is 60.0. The van der Waals surface area contributed by atoms with Gasteiger partial charge in [-0.2, -0.15) is 5.01 Å². The summed E-state index contributed by atoms with van der Waals surface area (Å²) in [6, 6.07) is 9.67.